The smallest absolute Gasteiger partial charge is 0.252 e. The highest BCUT2D eigenvalue weighted by atomic mass is 32.2. The second-order valence-electron chi connectivity index (χ2n) is 3.70. The molecule has 0 saturated carbocycles. The lowest BCUT2D eigenvalue weighted by atomic mass is 10.1. The second-order valence-corrected chi connectivity index (χ2v) is 6.18. The van der Waals surface area contributed by atoms with E-state index in [4.69, 9.17) is 16.2 Å². The molecule has 0 fully saturated rings. The maximum Gasteiger partial charge on any atom is 0.252 e. The van der Waals surface area contributed by atoms with Gasteiger partial charge in [0.2, 0.25) is 0 Å². The standard InChI is InChI=1S/C11H16N2O4S/c1-2-18(15,16)6-5-17-10-4-3-8(12)7-9(10)11(13)14/h3-4,7H,2,5-6,12H2,1H3,(H2,13,14). The van der Waals surface area contributed by atoms with E-state index in [2.05, 4.69) is 0 Å². The summed E-state index contributed by atoms with van der Waals surface area (Å²) in [6, 6.07) is 4.44. The molecule has 0 aliphatic rings. The Morgan fingerprint density at radius 2 is 2.06 bits per heavy atom. The molecule has 100 valence electrons. The Morgan fingerprint density at radius 1 is 1.39 bits per heavy atom. The maximum absolute atomic E-state index is 11.3. The lowest BCUT2D eigenvalue weighted by Gasteiger charge is -2.10. The third-order valence-corrected chi connectivity index (χ3v) is 4.03. The third-order valence-electron chi connectivity index (χ3n) is 2.36. The summed E-state index contributed by atoms with van der Waals surface area (Å²) in [4.78, 5) is 11.2. The van der Waals surface area contributed by atoms with Gasteiger partial charge in [0.15, 0.2) is 9.84 Å². The van der Waals surface area contributed by atoms with E-state index < -0.39 is 15.7 Å². The number of carbonyl (C=O) groups excluding carboxylic acids is 1. The summed E-state index contributed by atoms with van der Waals surface area (Å²) < 4.78 is 27.8. The molecule has 1 rings (SSSR count). The van der Waals surface area contributed by atoms with Crippen LogP contribution in [0.3, 0.4) is 0 Å². The van der Waals surface area contributed by atoms with Gasteiger partial charge in [-0.05, 0) is 18.2 Å². The van der Waals surface area contributed by atoms with Crippen LogP contribution >= 0.6 is 0 Å². The van der Waals surface area contributed by atoms with Crippen LogP contribution in [0, 0.1) is 0 Å². The number of hydrogen-bond donors (Lipinski definition) is 2. The molecule has 6 nitrogen and oxygen atoms in total. The Morgan fingerprint density at radius 3 is 2.61 bits per heavy atom. The van der Waals surface area contributed by atoms with E-state index in [-0.39, 0.29) is 29.4 Å². The van der Waals surface area contributed by atoms with Crippen molar-refractivity contribution in [3.63, 3.8) is 0 Å². The predicted octanol–water partition coefficient (Wildman–Crippen LogP) is 0.181. The Kier molecular flexibility index (Phi) is 4.55. The van der Waals surface area contributed by atoms with E-state index in [1.54, 1.807) is 13.0 Å². The summed E-state index contributed by atoms with van der Waals surface area (Å²) in [6.07, 6.45) is 0. The molecule has 0 atom stereocenters. The van der Waals surface area contributed by atoms with E-state index in [1.165, 1.54) is 12.1 Å². The van der Waals surface area contributed by atoms with Gasteiger partial charge in [-0.2, -0.15) is 0 Å². The highest BCUT2D eigenvalue weighted by Gasteiger charge is 2.12. The van der Waals surface area contributed by atoms with Gasteiger partial charge >= 0.3 is 0 Å². The van der Waals surface area contributed by atoms with Crippen molar-refractivity contribution in [3.05, 3.63) is 23.8 Å². The van der Waals surface area contributed by atoms with Crippen LogP contribution in [0.1, 0.15) is 17.3 Å². The fraction of sp³-hybridized carbons (Fsp3) is 0.364. The Hall–Kier alpha value is -1.76. The number of nitrogens with two attached hydrogens (primary N) is 2. The normalized spacial score (nSPS) is 11.2. The van der Waals surface area contributed by atoms with E-state index in [0.29, 0.717) is 5.69 Å². The minimum atomic E-state index is -3.10. The van der Waals surface area contributed by atoms with E-state index in [9.17, 15) is 13.2 Å². The van der Waals surface area contributed by atoms with Gasteiger partial charge in [-0.15, -0.1) is 0 Å². The summed E-state index contributed by atoms with van der Waals surface area (Å²) in [5.74, 6) is -0.481. The molecule has 0 heterocycles. The fourth-order valence-corrected chi connectivity index (χ4v) is 1.91. The lowest BCUT2D eigenvalue weighted by molar-refractivity contribution is 0.0996. The molecular weight excluding hydrogens is 256 g/mol. The molecule has 0 aromatic heterocycles. The molecule has 7 heteroatoms. The van der Waals surface area contributed by atoms with Crippen molar-refractivity contribution in [2.24, 2.45) is 5.73 Å². The van der Waals surface area contributed by atoms with E-state index >= 15 is 0 Å². The van der Waals surface area contributed by atoms with E-state index in [0.717, 1.165) is 0 Å². The van der Waals surface area contributed by atoms with Gasteiger partial charge in [-0.25, -0.2) is 8.42 Å². The zero-order chi connectivity index (χ0) is 13.8. The zero-order valence-electron chi connectivity index (χ0n) is 10.0. The average molecular weight is 272 g/mol. The first-order valence-electron chi connectivity index (χ1n) is 5.38. The molecule has 4 N–H and O–H groups in total. The molecule has 0 aliphatic carbocycles. The Balaban J connectivity index is 2.77. The molecule has 0 spiro atoms. The molecule has 0 radical (unpaired) electrons. The predicted molar refractivity (Wildman–Crippen MR) is 69.2 cm³/mol. The van der Waals surface area contributed by atoms with Crippen LogP contribution in [0.25, 0.3) is 0 Å². The van der Waals surface area contributed by atoms with Crippen LogP contribution in [-0.4, -0.2) is 32.4 Å². The number of anilines is 1. The highest BCUT2D eigenvalue weighted by Crippen LogP contribution is 2.20. The summed E-state index contributed by atoms with van der Waals surface area (Å²) in [5, 5.41) is 0. The summed E-state index contributed by atoms with van der Waals surface area (Å²) in [6.45, 7) is 1.54. The summed E-state index contributed by atoms with van der Waals surface area (Å²) in [5.41, 5.74) is 11.2. The highest BCUT2D eigenvalue weighted by molar-refractivity contribution is 7.91. The number of rotatable bonds is 6. The maximum atomic E-state index is 11.3. The van der Waals surface area contributed by atoms with Crippen LogP contribution in [0.5, 0.6) is 5.75 Å². The van der Waals surface area contributed by atoms with Gasteiger partial charge < -0.3 is 16.2 Å². The minimum Gasteiger partial charge on any atom is -0.492 e. The molecule has 0 aliphatic heterocycles. The number of amides is 1. The molecular formula is C11H16N2O4S. The van der Waals surface area contributed by atoms with Crippen molar-refractivity contribution < 1.29 is 17.9 Å². The number of carbonyl (C=O) groups is 1. The number of hydrogen-bond acceptors (Lipinski definition) is 5. The SMILES string of the molecule is CCS(=O)(=O)CCOc1ccc(N)cc1C(N)=O. The van der Waals surface area contributed by atoms with Gasteiger partial charge in [0.25, 0.3) is 5.91 Å². The van der Waals surface area contributed by atoms with Crippen molar-refractivity contribution in [2.45, 2.75) is 6.92 Å². The molecule has 0 bridgehead atoms. The van der Waals surface area contributed by atoms with Crippen molar-refractivity contribution in [1.82, 2.24) is 0 Å². The lowest BCUT2D eigenvalue weighted by Crippen LogP contribution is -2.18. The zero-order valence-corrected chi connectivity index (χ0v) is 10.9. The first-order chi connectivity index (χ1) is 8.35. The topological polar surface area (TPSA) is 112 Å². The van der Waals surface area contributed by atoms with Crippen LogP contribution < -0.4 is 16.2 Å². The molecule has 1 aromatic rings. The number of primary amides is 1. The number of ether oxygens (including phenoxy) is 1. The molecule has 1 aromatic carbocycles. The van der Waals surface area contributed by atoms with Gasteiger partial charge in [-0.3, -0.25) is 4.79 Å². The number of benzene rings is 1. The van der Waals surface area contributed by atoms with Crippen LogP contribution in [0.15, 0.2) is 18.2 Å². The Labute approximate surface area is 106 Å². The number of sulfone groups is 1. The largest absolute Gasteiger partial charge is 0.492 e. The quantitative estimate of drug-likeness (QED) is 0.717. The molecule has 0 saturated heterocycles. The van der Waals surface area contributed by atoms with Crippen molar-refractivity contribution in [2.75, 3.05) is 23.8 Å². The van der Waals surface area contributed by atoms with Gasteiger partial charge in [0.05, 0.1) is 11.3 Å². The van der Waals surface area contributed by atoms with Crippen molar-refractivity contribution >= 4 is 21.4 Å². The summed E-state index contributed by atoms with van der Waals surface area (Å²) in [7, 11) is -3.10. The average Bonchev–Trinajstić information content (AvgIpc) is 2.30. The van der Waals surface area contributed by atoms with Crippen LogP contribution in [0.4, 0.5) is 5.69 Å². The van der Waals surface area contributed by atoms with Crippen LogP contribution in [-0.2, 0) is 9.84 Å². The van der Waals surface area contributed by atoms with Crippen LogP contribution in [0.2, 0.25) is 0 Å². The monoisotopic (exact) mass is 272 g/mol. The first-order valence-corrected chi connectivity index (χ1v) is 7.20. The van der Waals surface area contributed by atoms with Crippen molar-refractivity contribution in [1.29, 1.82) is 0 Å². The first kappa shape index (κ1) is 14.3. The molecule has 1 amide bonds. The molecule has 18 heavy (non-hydrogen) atoms. The minimum absolute atomic E-state index is 0.0274. The number of nitrogen functional groups attached to an aromatic ring is 1. The third kappa shape index (κ3) is 3.92. The van der Waals surface area contributed by atoms with Gasteiger partial charge in [-0.1, -0.05) is 6.92 Å². The van der Waals surface area contributed by atoms with E-state index in [1.807, 2.05) is 0 Å². The summed E-state index contributed by atoms with van der Waals surface area (Å²) >= 11 is 0. The van der Waals surface area contributed by atoms with Gasteiger partial charge in [0.1, 0.15) is 12.4 Å². The Bertz CT molecular complexity index is 540. The fourth-order valence-electron chi connectivity index (χ4n) is 1.29. The van der Waals surface area contributed by atoms with Gasteiger partial charge in [0, 0.05) is 11.4 Å². The molecule has 0 unspecified atom stereocenters. The van der Waals surface area contributed by atoms with Crippen molar-refractivity contribution in [3.8, 4) is 5.75 Å². The second kappa shape index (κ2) is 5.72.